The van der Waals surface area contributed by atoms with Crippen molar-refractivity contribution in [1.29, 1.82) is 0 Å². The van der Waals surface area contributed by atoms with Crippen molar-refractivity contribution < 1.29 is 24.2 Å². The van der Waals surface area contributed by atoms with Crippen molar-refractivity contribution >= 4 is 12.1 Å². The molecule has 1 amide bonds. The van der Waals surface area contributed by atoms with Crippen LogP contribution < -0.4 is 0 Å². The molecule has 6 heteroatoms. The van der Waals surface area contributed by atoms with Gasteiger partial charge >= 0.3 is 12.1 Å². The van der Waals surface area contributed by atoms with Gasteiger partial charge in [-0.25, -0.2) is 9.59 Å². The molecule has 0 aromatic carbocycles. The van der Waals surface area contributed by atoms with Gasteiger partial charge in [0.2, 0.25) is 0 Å². The van der Waals surface area contributed by atoms with Gasteiger partial charge in [0.1, 0.15) is 6.61 Å². The van der Waals surface area contributed by atoms with E-state index in [0.717, 1.165) is 23.8 Å². The minimum atomic E-state index is -1.21. The molecule has 0 saturated carbocycles. The van der Waals surface area contributed by atoms with Crippen molar-refractivity contribution in [1.82, 2.24) is 4.90 Å². The average molecular weight is 259 g/mol. The number of carbonyl (C=O) groups is 2. The molecular weight excluding hydrogens is 238 g/mol. The van der Waals surface area contributed by atoms with E-state index >= 15 is 0 Å². The first-order chi connectivity index (χ1) is 8.56. The molecule has 0 saturated heterocycles. The van der Waals surface area contributed by atoms with E-state index < -0.39 is 18.3 Å². The van der Waals surface area contributed by atoms with Crippen LogP contribution in [0, 0.1) is 0 Å². The summed E-state index contributed by atoms with van der Waals surface area (Å²) in [4.78, 5) is 23.6. The standard InChI is InChI=1S/C12H21NO5/c1-4-7-8-13(12(16)17-6-3)10(14)9-18-11(15)5-2/h5,10,14H,2,4,6-9H2,1,3H3. The van der Waals surface area contributed by atoms with Crippen molar-refractivity contribution in [2.75, 3.05) is 19.8 Å². The Kier molecular flexibility index (Phi) is 8.65. The SMILES string of the molecule is C=CC(=O)OCC(O)N(CCCC)C(=O)OCC. The Balaban J connectivity index is 4.38. The van der Waals surface area contributed by atoms with Crippen LogP contribution in [0.2, 0.25) is 0 Å². The van der Waals surface area contributed by atoms with Crippen LogP contribution in [0.25, 0.3) is 0 Å². The number of nitrogens with zero attached hydrogens (tertiary/aromatic N) is 1. The zero-order valence-corrected chi connectivity index (χ0v) is 10.9. The van der Waals surface area contributed by atoms with E-state index in [2.05, 4.69) is 11.3 Å². The lowest BCUT2D eigenvalue weighted by Crippen LogP contribution is -2.44. The highest BCUT2D eigenvalue weighted by atomic mass is 16.6. The van der Waals surface area contributed by atoms with Crippen molar-refractivity contribution in [3.05, 3.63) is 12.7 Å². The van der Waals surface area contributed by atoms with E-state index in [1.165, 1.54) is 0 Å². The molecule has 0 aliphatic heterocycles. The third kappa shape index (κ3) is 6.24. The van der Waals surface area contributed by atoms with Crippen molar-refractivity contribution in [2.24, 2.45) is 0 Å². The van der Waals surface area contributed by atoms with Crippen LogP contribution in [0.5, 0.6) is 0 Å². The third-order valence-electron chi connectivity index (χ3n) is 2.16. The lowest BCUT2D eigenvalue weighted by atomic mass is 10.3. The van der Waals surface area contributed by atoms with Gasteiger partial charge in [-0.15, -0.1) is 0 Å². The first-order valence-corrected chi connectivity index (χ1v) is 5.97. The van der Waals surface area contributed by atoms with Crippen molar-refractivity contribution in [3.63, 3.8) is 0 Å². The second-order valence-corrected chi connectivity index (χ2v) is 3.56. The first kappa shape index (κ1) is 16.4. The molecule has 0 aromatic heterocycles. The molecule has 104 valence electrons. The maximum absolute atomic E-state index is 11.6. The lowest BCUT2D eigenvalue weighted by molar-refractivity contribution is -0.144. The van der Waals surface area contributed by atoms with Gasteiger partial charge in [0, 0.05) is 12.6 Å². The molecule has 1 N–H and O–H groups in total. The number of carbonyl (C=O) groups excluding carboxylic acids is 2. The van der Waals surface area contributed by atoms with E-state index in [4.69, 9.17) is 4.74 Å². The molecule has 18 heavy (non-hydrogen) atoms. The number of unbranched alkanes of at least 4 members (excludes halogenated alkanes) is 1. The second-order valence-electron chi connectivity index (χ2n) is 3.56. The molecule has 0 radical (unpaired) electrons. The van der Waals surface area contributed by atoms with Crippen LogP contribution >= 0.6 is 0 Å². The lowest BCUT2D eigenvalue weighted by Gasteiger charge is -2.26. The minimum Gasteiger partial charge on any atom is -0.458 e. The second kappa shape index (κ2) is 9.47. The zero-order chi connectivity index (χ0) is 14.0. The summed E-state index contributed by atoms with van der Waals surface area (Å²) >= 11 is 0. The van der Waals surface area contributed by atoms with Gasteiger partial charge in [-0.1, -0.05) is 19.9 Å². The van der Waals surface area contributed by atoms with E-state index in [1.807, 2.05) is 6.92 Å². The average Bonchev–Trinajstić information content (AvgIpc) is 2.36. The number of amides is 1. The van der Waals surface area contributed by atoms with Crippen LogP contribution in [-0.4, -0.2) is 48.1 Å². The number of hydrogen-bond acceptors (Lipinski definition) is 5. The highest BCUT2D eigenvalue weighted by molar-refractivity contribution is 5.81. The van der Waals surface area contributed by atoms with Gasteiger partial charge in [0.15, 0.2) is 6.23 Å². The molecule has 0 spiro atoms. The summed E-state index contributed by atoms with van der Waals surface area (Å²) < 4.78 is 9.51. The maximum atomic E-state index is 11.6. The van der Waals surface area contributed by atoms with E-state index in [-0.39, 0.29) is 13.2 Å². The van der Waals surface area contributed by atoms with Gasteiger partial charge in [-0.2, -0.15) is 0 Å². The number of ether oxygens (including phenoxy) is 2. The van der Waals surface area contributed by atoms with Crippen LogP contribution in [0.3, 0.4) is 0 Å². The molecule has 1 atom stereocenters. The van der Waals surface area contributed by atoms with Crippen molar-refractivity contribution in [3.8, 4) is 0 Å². The largest absolute Gasteiger partial charge is 0.458 e. The fraction of sp³-hybridized carbons (Fsp3) is 0.667. The Hall–Kier alpha value is -1.56. The minimum absolute atomic E-state index is 0.223. The molecule has 1 unspecified atom stereocenters. The molecular formula is C12H21NO5. The highest BCUT2D eigenvalue weighted by Crippen LogP contribution is 2.04. The molecule has 0 bridgehead atoms. The summed E-state index contributed by atoms with van der Waals surface area (Å²) in [5.74, 6) is -0.645. The Morgan fingerprint density at radius 2 is 2.06 bits per heavy atom. The van der Waals surface area contributed by atoms with Gasteiger partial charge in [-0.3, -0.25) is 4.90 Å². The molecule has 0 fully saturated rings. The predicted molar refractivity (Wildman–Crippen MR) is 65.8 cm³/mol. The van der Waals surface area contributed by atoms with Crippen LogP contribution in [0.1, 0.15) is 26.7 Å². The quantitative estimate of drug-likeness (QED) is 0.404. The highest BCUT2D eigenvalue weighted by Gasteiger charge is 2.23. The van der Waals surface area contributed by atoms with Crippen LogP contribution in [0.4, 0.5) is 4.79 Å². The van der Waals surface area contributed by atoms with Gasteiger partial charge in [0.05, 0.1) is 6.61 Å². The Morgan fingerprint density at radius 3 is 2.56 bits per heavy atom. The van der Waals surface area contributed by atoms with E-state index in [1.54, 1.807) is 6.92 Å². The Bertz CT molecular complexity index is 280. The molecule has 6 nitrogen and oxygen atoms in total. The first-order valence-electron chi connectivity index (χ1n) is 5.97. The number of aliphatic hydroxyl groups is 1. The smallest absolute Gasteiger partial charge is 0.411 e. The number of rotatable bonds is 8. The van der Waals surface area contributed by atoms with E-state index in [9.17, 15) is 14.7 Å². The molecule has 0 aromatic rings. The number of aliphatic hydroxyl groups excluding tert-OH is 1. The molecule has 0 rings (SSSR count). The fourth-order valence-corrected chi connectivity index (χ4v) is 1.20. The monoisotopic (exact) mass is 259 g/mol. The summed E-state index contributed by atoms with van der Waals surface area (Å²) in [7, 11) is 0. The van der Waals surface area contributed by atoms with Crippen LogP contribution in [-0.2, 0) is 14.3 Å². The number of esters is 1. The maximum Gasteiger partial charge on any atom is 0.411 e. The topological polar surface area (TPSA) is 76.1 Å². The summed E-state index contributed by atoms with van der Waals surface area (Å²) in [5.41, 5.74) is 0. The Morgan fingerprint density at radius 1 is 1.39 bits per heavy atom. The molecule has 0 aliphatic carbocycles. The van der Waals surface area contributed by atoms with Gasteiger partial charge in [0.25, 0.3) is 0 Å². The number of hydrogen-bond donors (Lipinski definition) is 1. The van der Waals surface area contributed by atoms with Crippen LogP contribution in [0.15, 0.2) is 12.7 Å². The summed E-state index contributed by atoms with van der Waals surface area (Å²) in [6.45, 7) is 7.16. The zero-order valence-electron chi connectivity index (χ0n) is 10.9. The van der Waals surface area contributed by atoms with E-state index in [0.29, 0.717) is 6.54 Å². The van der Waals surface area contributed by atoms with Gasteiger partial charge < -0.3 is 14.6 Å². The summed E-state index contributed by atoms with van der Waals surface area (Å²) in [6, 6.07) is 0. The normalized spacial score (nSPS) is 11.5. The Labute approximate surface area is 107 Å². The summed E-state index contributed by atoms with van der Waals surface area (Å²) in [6.07, 6.45) is 0.765. The summed E-state index contributed by atoms with van der Waals surface area (Å²) in [5, 5.41) is 9.79. The molecule has 0 aliphatic rings. The van der Waals surface area contributed by atoms with Crippen molar-refractivity contribution in [2.45, 2.75) is 32.9 Å². The fourth-order valence-electron chi connectivity index (χ4n) is 1.20. The van der Waals surface area contributed by atoms with Gasteiger partial charge in [-0.05, 0) is 13.3 Å². The molecule has 0 heterocycles. The third-order valence-corrected chi connectivity index (χ3v) is 2.16. The predicted octanol–water partition coefficient (Wildman–Crippen LogP) is 1.29.